The fourth-order valence-electron chi connectivity index (χ4n) is 3.63. The lowest BCUT2D eigenvalue weighted by Crippen LogP contribution is -2.13. The highest BCUT2D eigenvalue weighted by Crippen LogP contribution is 2.39. The Labute approximate surface area is 198 Å². The topological polar surface area (TPSA) is 82.8 Å². The van der Waals surface area contributed by atoms with Crippen LogP contribution in [0.15, 0.2) is 59.0 Å². The maximum atomic E-state index is 13.1. The summed E-state index contributed by atoms with van der Waals surface area (Å²) in [5.74, 6) is 1.66. The second-order valence-corrected chi connectivity index (χ2v) is 7.63. The molecule has 4 rings (SSSR count). The van der Waals surface area contributed by atoms with Gasteiger partial charge in [-0.3, -0.25) is 4.79 Å². The molecule has 176 valence electrons. The first-order valence-electron chi connectivity index (χ1n) is 11.4. The minimum atomic E-state index is -0.303. The summed E-state index contributed by atoms with van der Waals surface area (Å²) in [5, 5.41) is 2.92. The Balaban J connectivity index is 1.62. The quantitative estimate of drug-likeness (QED) is 0.318. The zero-order chi connectivity index (χ0) is 24.1. The second kappa shape index (κ2) is 10.3. The second-order valence-electron chi connectivity index (χ2n) is 7.63. The van der Waals surface area contributed by atoms with Crippen molar-refractivity contribution in [1.82, 2.24) is 4.98 Å². The minimum absolute atomic E-state index is 0.303. The predicted octanol–water partition coefficient (Wildman–Crippen LogP) is 6.25. The lowest BCUT2D eigenvalue weighted by Gasteiger charge is -2.17. The molecule has 0 bridgehead atoms. The van der Waals surface area contributed by atoms with Crippen molar-refractivity contribution in [2.24, 2.45) is 0 Å². The maximum absolute atomic E-state index is 13.1. The molecule has 34 heavy (non-hydrogen) atoms. The van der Waals surface area contributed by atoms with E-state index in [0.717, 1.165) is 11.1 Å². The van der Waals surface area contributed by atoms with Crippen molar-refractivity contribution < 1.29 is 23.4 Å². The zero-order valence-corrected chi connectivity index (χ0v) is 19.8. The van der Waals surface area contributed by atoms with Crippen molar-refractivity contribution in [3.8, 4) is 28.7 Å². The van der Waals surface area contributed by atoms with Gasteiger partial charge >= 0.3 is 0 Å². The number of hydrogen-bond donors (Lipinski definition) is 1. The average molecular weight is 461 g/mol. The van der Waals surface area contributed by atoms with Crippen LogP contribution in [0.1, 0.15) is 36.7 Å². The van der Waals surface area contributed by atoms with Gasteiger partial charge in [-0.25, -0.2) is 4.98 Å². The van der Waals surface area contributed by atoms with E-state index in [1.165, 1.54) is 0 Å². The average Bonchev–Trinajstić information content (AvgIpc) is 3.25. The molecule has 0 fully saturated rings. The van der Waals surface area contributed by atoms with Crippen LogP contribution in [0.25, 0.3) is 22.6 Å². The monoisotopic (exact) mass is 460 g/mol. The number of aryl methyl sites for hydroxylation is 1. The number of nitrogens with one attached hydrogen (secondary N) is 1. The third-order valence-corrected chi connectivity index (χ3v) is 5.08. The first-order valence-corrected chi connectivity index (χ1v) is 11.4. The van der Waals surface area contributed by atoms with Gasteiger partial charge in [0.2, 0.25) is 11.6 Å². The molecule has 0 spiro atoms. The normalized spacial score (nSPS) is 10.8. The first-order chi connectivity index (χ1) is 16.5. The van der Waals surface area contributed by atoms with E-state index >= 15 is 0 Å². The number of carbonyl (C=O) groups excluding carboxylic acids is 1. The molecule has 7 heteroatoms. The summed E-state index contributed by atoms with van der Waals surface area (Å²) in [6.45, 7) is 8.98. The van der Waals surface area contributed by atoms with Crippen molar-refractivity contribution in [1.29, 1.82) is 0 Å². The van der Waals surface area contributed by atoms with Crippen LogP contribution in [0.4, 0.5) is 5.69 Å². The van der Waals surface area contributed by atoms with Gasteiger partial charge < -0.3 is 23.9 Å². The van der Waals surface area contributed by atoms with E-state index in [2.05, 4.69) is 10.3 Å². The third-order valence-electron chi connectivity index (χ3n) is 5.08. The number of fused-ring (bicyclic) bond motifs is 1. The number of carbonyl (C=O) groups is 1. The van der Waals surface area contributed by atoms with Gasteiger partial charge in [0.15, 0.2) is 17.1 Å². The van der Waals surface area contributed by atoms with Crippen LogP contribution in [0.5, 0.6) is 17.2 Å². The van der Waals surface area contributed by atoms with Crippen molar-refractivity contribution >= 4 is 22.7 Å². The van der Waals surface area contributed by atoms with Gasteiger partial charge in [-0.2, -0.15) is 0 Å². The van der Waals surface area contributed by atoms with Crippen LogP contribution in [0.2, 0.25) is 0 Å². The molecule has 1 heterocycles. The van der Waals surface area contributed by atoms with Crippen LogP contribution in [0, 0.1) is 6.92 Å². The highest BCUT2D eigenvalue weighted by molar-refractivity contribution is 6.05. The van der Waals surface area contributed by atoms with E-state index in [1.54, 1.807) is 24.3 Å². The van der Waals surface area contributed by atoms with Gasteiger partial charge in [-0.15, -0.1) is 0 Å². The fourth-order valence-corrected chi connectivity index (χ4v) is 3.63. The summed E-state index contributed by atoms with van der Waals surface area (Å²) < 4.78 is 23.1. The van der Waals surface area contributed by atoms with Crippen LogP contribution in [-0.2, 0) is 0 Å². The molecule has 7 nitrogen and oxygen atoms in total. The van der Waals surface area contributed by atoms with E-state index in [9.17, 15) is 4.79 Å². The molecule has 0 saturated carbocycles. The molecule has 4 aromatic rings. The summed E-state index contributed by atoms with van der Waals surface area (Å²) >= 11 is 0. The largest absolute Gasteiger partial charge is 0.490 e. The summed E-state index contributed by atoms with van der Waals surface area (Å²) in [5.41, 5.74) is 4.32. The number of anilines is 1. The maximum Gasteiger partial charge on any atom is 0.255 e. The number of rotatable bonds is 9. The molecule has 3 aromatic carbocycles. The number of ether oxygens (including phenoxy) is 3. The molecule has 0 radical (unpaired) electrons. The molecule has 0 aliphatic carbocycles. The van der Waals surface area contributed by atoms with E-state index in [-0.39, 0.29) is 5.91 Å². The molecule has 1 aromatic heterocycles. The van der Waals surface area contributed by atoms with Crippen molar-refractivity contribution in [2.45, 2.75) is 27.7 Å². The Kier molecular flexibility index (Phi) is 7.01. The Morgan fingerprint density at radius 3 is 2.26 bits per heavy atom. The van der Waals surface area contributed by atoms with Gasteiger partial charge in [0.25, 0.3) is 5.91 Å². The van der Waals surface area contributed by atoms with Crippen molar-refractivity contribution in [3.05, 3.63) is 65.7 Å². The number of nitrogens with zero attached hydrogens (tertiary/aromatic N) is 1. The molecule has 0 atom stereocenters. The van der Waals surface area contributed by atoms with Gasteiger partial charge in [0, 0.05) is 22.9 Å². The highest BCUT2D eigenvalue weighted by Gasteiger charge is 2.19. The molecule has 0 saturated heterocycles. The lowest BCUT2D eigenvalue weighted by atomic mass is 10.1. The lowest BCUT2D eigenvalue weighted by molar-refractivity contribution is 0.102. The first kappa shape index (κ1) is 23.2. The number of aromatic nitrogens is 1. The van der Waals surface area contributed by atoms with Gasteiger partial charge in [-0.1, -0.05) is 17.7 Å². The van der Waals surface area contributed by atoms with Crippen LogP contribution in [-0.4, -0.2) is 30.7 Å². The molecular formula is C27H28N2O5. The zero-order valence-electron chi connectivity index (χ0n) is 19.8. The number of benzene rings is 3. The molecule has 0 aliphatic rings. The summed E-state index contributed by atoms with van der Waals surface area (Å²) in [7, 11) is 0. The van der Waals surface area contributed by atoms with E-state index in [1.807, 2.05) is 58.0 Å². The number of oxazole rings is 1. The van der Waals surface area contributed by atoms with Gasteiger partial charge in [-0.05, 0) is 64.1 Å². The Hall–Kier alpha value is -4.00. The highest BCUT2D eigenvalue weighted by atomic mass is 16.5. The van der Waals surface area contributed by atoms with Crippen LogP contribution >= 0.6 is 0 Å². The number of hydrogen-bond acceptors (Lipinski definition) is 6. The smallest absolute Gasteiger partial charge is 0.255 e. The van der Waals surface area contributed by atoms with Crippen LogP contribution < -0.4 is 19.5 Å². The third kappa shape index (κ3) is 4.98. The summed E-state index contributed by atoms with van der Waals surface area (Å²) in [6, 6.07) is 16.7. The summed E-state index contributed by atoms with van der Waals surface area (Å²) in [4.78, 5) is 17.7. The minimum Gasteiger partial charge on any atom is -0.490 e. The predicted molar refractivity (Wildman–Crippen MR) is 132 cm³/mol. The molecule has 0 unspecified atom stereocenters. The van der Waals surface area contributed by atoms with Crippen LogP contribution in [0.3, 0.4) is 0 Å². The Morgan fingerprint density at radius 2 is 1.62 bits per heavy atom. The standard InChI is InChI=1S/C27H28N2O5/c1-5-31-23-14-19(15-24(32-6-2)25(23)33-7-3)26(30)28-20-11-12-21-22(16-20)34-27(29-21)18-10-8-9-17(4)13-18/h8-16H,5-7H2,1-4H3,(H,28,30). The Bertz CT molecular complexity index is 1280. The fraction of sp³-hybridized carbons (Fsp3) is 0.259. The molecular weight excluding hydrogens is 432 g/mol. The summed E-state index contributed by atoms with van der Waals surface area (Å²) in [6.07, 6.45) is 0. The number of amides is 1. The molecule has 1 N–H and O–H groups in total. The van der Waals surface area contributed by atoms with Crippen molar-refractivity contribution in [3.63, 3.8) is 0 Å². The molecule has 0 aliphatic heterocycles. The van der Waals surface area contributed by atoms with E-state index < -0.39 is 0 Å². The van der Waals surface area contributed by atoms with Gasteiger partial charge in [0.05, 0.1) is 19.8 Å². The van der Waals surface area contributed by atoms with Crippen molar-refractivity contribution in [2.75, 3.05) is 25.1 Å². The molecule has 1 amide bonds. The van der Waals surface area contributed by atoms with E-state index in [0.29, 0.717) is 65.3 Å². The SMILES string of the molecule is CCOc1cc(C(=O)Nc2ccc3nc(-c4cccc(C)c4)oc3c2)cc(OCC)c1OCC. The van der Waals surface area contributed by atoms with Gasteiger partial charge in [0.1, 0.15) is 5.52 Å². The van der Waals surface area contributed by atoms with E-state index in [4.69, 9.17) is 18.6 Å². The Morgan fingerprint density at radius 1 is 0.912 bits per heavy atom.